The molecule has 2 aromatic heterocycles. The van der Waals surface area contributed by atoms with Crippen molar-refractivity contribution >= 4 is 40.0 Å². The molecule has 0 bridgehead atoms. The number of hydrogen-bond acceptors (Lipinski definition) is 6. The molecule has 0 saturated heterocycles. The van der Waals surface area contributed by atoms with Crippen LogP contribution in [0.3, 0.4) is 0 Å². The normalized spacial score (nSPS) is 10.7. The van der Waals surface area contributed by atoms with Crippen LogP contribution < -0.4 is 16.2 Å². The zero-order valence-electron chi connectivity index (χ0n) is 14.4. The van der Waals surface area contributed by atoms with Crippen LogP contribution in [0.15, 0.2) is 52.8 Å². The number of amides is 3. The second-order valence-corrected chi connectivity index (χ2v) is 7.64. The fraction of sp³-hybridized carbons (Fsp3) is 0.222. The van der Waals surface area contributed by atoms with Gasteiger partial charge in [-0.1, -0.05) is 30.3 Å². The molecule has 7 nitrogen and oxygen atoms in total. The van der Waals surface area contributed by atoms with Gasteiger partial charge in [-0.25, -0.2) is 9.78 Å². The smallest absolute Gasteiger partial charge is 0.321 e. The maximum Gasteiger partial charge on any atom is 0.321 e. The van der Waals surface area contributed by atoms with Crippen LogP contribution in [-0.2, 0) is 17.1 Å². The van der Waals surface area contributed by atoms with Gasteiger partial charge in [-0.3, -0.25) is 19.3 Å². The number of imide groups is 1. The molecule has 0 aliphatic heterocycles. The van der Waals surface area contributed by atoms with E-state index in [1.807, 2.05) is 35.7 Å². The van der Waals surface area contributed by atoms with Crippen LogP contribution in [0.25, 0.3) is 4.96 Å². The molecule has 0 unspecified atom stereocenters. The second-order valence-electron chi connectivity index (χ2n) is 5.66. The number of rotatable bonds is 7. The molecule has 0 radical (unpaired) electrons. The Labute approximate surface area is 163 Å². The summed E-state index contributed by atoms with van der Waals surface area (Å²) in [6.45, 7) is 0.362. The zero-order chi connectivity index (χ0) is 19.1. The second kappa shape index (κ2) is 9.33. The molecular formula is C18H18N4O3S2. The summed E-state index contributed by atoms with van der Waals surface area (Å²) in [4.78, 5) is 40.5. The van der Waals surface area contributed by atoms with Gasteiger partial charge in [0.2, 0.25) is 5.91 Å². The monoisotopic (exact) mass is 402 g/mol. The van der Waals surface area contributed by atoms with Gasteiger partial charge in [-0.05, 0) is 5.56 Å². The molecule has 2 N–H and O–H groups in total. The lowest BCUT2D eigenvalue weighted by molar-refractivity contribution is -0.119. The van der Waals surface area contributed by atoms with E-state index in [0.717, 1.165) is 5.56 Å². The fourth-order valence-electron chi connectivity index (χ4n) is 2.31. The van der Waals surface area contributed by atoms with Crippen molar-refractivity contribution in [1.29, 1.82) is 0 Å². The lowest BCUT2D eigenvalue weighted by Gasteiger charge is -2.07. The number of carbonyl (C=O) groups is 2. The third-order valence-corrected chi connectivity index (χ3v) is 5.38. The average Bonchev–Trinajstić information content (AvgIpc) is 3.14. The van der Waals surface area contributed by atoms with Crippen LogP contribution in [0.4, 0.5) is 4.79 Å². The maximum atomic E-state index is 11.9. The van der Waals surface area contributed by atoms with E-state index in [1.54, 1.807) is 6.20 Å². The van der Waals surface area contributed by atoms with E-state index >= 15 is 0 Å². The van der Waals surface area contributed by atoms with E-state index in [4.69, 9.17) is 0 Å². The van der Waals surface area contributed by atoms with Gasteiger partial charge in [-0.2, -0.15) is 11.8 Å². The van der Waals surface area contributed by atoms with E-state index in [2.05, 4.69) is 15.6 Å². The molecule has 0 saturated carbocycles. The van der Waals surface area contributed by atoms with Crippen molar-refractivity contribution < 1.29 is 9.59 Å². The van der Waals surface area contributed by atoms with Crippen molar-refractivity contribution in [2.45, 2.75) is 18.7 Å². The highest BCUT2D eigenvalue weighted by Crippen LogP contribution is 2.13. The molecular weight excluding hydrogens is 384 g/mol. The Balaban J connectivity index is 1.36. The zero-order valence-corrected chi connectivity index (χ0v) is 16.0. The maximum absolute atomic E-state index is 11.9. The Morgan fingerprint density at radius 3 is 2.85 bits per heavy atom. The lowest BCUT2D eigenvalue weighted by atomic mass is 10.2. The molecule has 3 rings (SSSR count). The van der Waals surface area contributed by atoms with E-state index in [-0.39, 0.29) is 17.9 Å². The van der Waals surface area contributed by atoms with Gasteiger partial charge < -0.3 is 5.32 Å². The SMILES string of the molecule is O=C(CCSCc1cc(=O)n2ccsc2n1)NC(=O)NCc1ccccc1. The molecule has 0 spiro atoms. The molecule has 3 aromatic rings. The van der Waals surface area contributed by atoms with Gasteiger partial charge in [0, 0.05) is 42.1 Å². The number of carbonyl (C=O) groups excluding carboxylic acids is 2. The summed E-state index contributed by atoms with van der Waals surface area (Å²) in [6.07, 6.45) is 1.91. The van der Waals surface area contributed by atoms with Crippen LogP contribution in [0.1, 0.15) is 17.7 Å². The predicted octanol–water partition coefficient (Wildman–Crippen LogP) is 2.41. The summed E-state index contributed by atoms with van der Waals surface area (Å²) in [6, 6.07) is 10.5. The number of benzene rings is 1. The largest absolute Gasteiger partial charge is 0.334 e. The Kier molecular flexibility index (Phi) is 6.61. The molecule has 2 heterocycles. The van der Waals surface area contributed by atoms with Crippen LogP contribution >= 0.6 is 23.1 Å². The van der Waals surface area contributed by atoms with Crippen molar-refractivity contribution in [3.8, 4) is 0 Å². The standard InChI is InChI=1S/C18H18N4O3S2/c23-15(21-17(25)19-11-13-4-2-1-3-5-13)6-8-26-12-14-10-16(24)22-7-9-27-18(22)20-14/h1-5,7,9-10H,6,8,11-12H2,(H2,19,21,23,25). The van der Waals surface area contributed by atoms with E-state index in [1.165, 1.54) is 33.6 Å². The van der Waals surface area contributed by atoms with E-state index in [9.17, 15) is 14.4 Å². The lowest BCUT2D eigenvalue weighted by Crippen LogP contribution is -2.39. The number of nitrogens with zero attached hydrogens (tertiary/aromatic N) is 2. The van der Waals surface area contributed by atoms with Gasteiger partial charge in [0.25, 0.3) is 5.56 Å². The first-order chi connectivity index (χ1) is 13.1. The van der Waals surface area contributed by atoms with Crippen molar-refractivity contribution in [3.05, 3.63) is 69.6 Å². The third kappa shape index (κ3) is 5.66. The summed E-state index contributed by atoms with van der Waals surface area (Å²) < 4.78 is 1.50. The molecule has 0 aliphatic rings. The minimum Gasteiger partial charge on any atom is -0.334 e. The molecule has 1 aromatic carbocycles. The minimum atomic E-state index is -0.508. The van der Waals surface area contributed by atoms with Crippen LogP contribution in [-0.4, -0.2) is 27.1 Å². The Bertz CT molecular complexity index is 985. The Morgan fingerprint density at radius 2 is 2.04 bits per heavy atom. The number of hydrogen-bond donors (Lipinski definition) is 2. The van der Waals surface area contributed by atoms with Crippen LogP contribution in [0, 0.1) is 0 Å². The highest BCUT2D eigenvalue weighted by molar-refractivity contribution is 7.98. The van der Waals surface area contributed by atoms with Crippen molar-refractivity contribution in [1.82, 2.24) is 20.0 Å². The minimum absolute atomic E-state index is 0.107. The number of urea groups is 1. The third-order valence-electron chi connectivity index (χ3n) is 3.63. The van der Waals surface area contributed by atoms with Gasteiger partial charge in [-0.15, -0.1) is 11.3 Å². The molecule has 27 heavy (non-hydrogen) atoms. The Hall–Kier alpha value is -2.65. The average molecular weight is 403 g/mol. The van der Waals surface area contributed by atoms with Crippen molar-refractivity contribution in [2.24, 2.45) is 0 Å². The first-order valence-corrected chi connectivity index (χ1v) is 10.3. The van der Waals surface area contributed by atoms with Crippen LogP contribution in [0.2, 0.25) is 0 Å². The molecule has 140 valence electrons. The number of thioether (sulfide) groups is 1. The summed E-state index contributed by atoms with van der Waals surface area (Å²) >= 11 is 2.90. The van der Waals surface area contributed by atoms with E-state index in [0.29, 0.717) is 28.7 Å². The number of fused-ring (bicyclic) bond motifs is 1. The molecule has 9 heteroatoms. The topological polar surface area (TPSA) is 92.6 Å². The van der Waals surface area contributed by atoms with Crippen LogP contribution in [0.5, 0.6) is 0 Å². The first-order valence-electron chi connectivity index (χ1n) is 8.27. The molecule has 0 fully saturated rings. The summed E-state index contributed by atoms with van der Waals surface area (Å²) in [5.41, 5.74) is 1.54. The fourth-order valence-corrected chi connectivity index (χ4v) is 3.88. The number of aromatic nitrogens is 2. The van der Waals surface area contributed by atoms with Crippen molar-refractivity contribution in [3.63, 3.8) is 0 Å². The number of thiazole rings is 1. The van der Waals surface area contributed by atoms with E-state index < -0.39 is 6.03 Å². The highest BCUT2D eigenvalue weighted by Gasteiger charge is 2.08. The summed E-state index contributed by atoms with van der Waals surface area (Å²) in [5.74, 6) is 0.732. The summed E-state index contributed by atoms with van der Waals surface area (Å²) in [7, 11) is 0. The first kappa shape index (κ1) is 19.1. The number of nitrogens with one attached hydrogen (secondary N) is 2. The van der Waals surface area contributed by atoms with Gasteiger partial charge in [0.1, 0.15) is 0 Å². The molecule has 0 atom stereocenters. The predicted molar refractivity (Wildman–Crippen MR) is 107 cm³/mol. The van der Waals surface area contributed by atoms with Gasteiger partial charge in [0.05, 0.1) is 5.69 Å². The highest BCUT2D eigenvalue weighted by atomic mass is 32.2. The van der Waals surface area contributed by atoms with Crippen molar-refractivity contribution in [2.75, 3.05) is 5.75 Å². The summed E-state index contributed by atoms with van der Waals surface area (Å²) in [5, 5.41) is 6.77. The Morgan fingerprint density at radius 1 is 1.22 bits per heavy atom. The molecule has 0 aliphatic carbocycles. The molecule has 3 amide bonds. The van der Waals surface area contributed by atoms with Gasteiger partial charge in [0.15, 0.2) is 4.96 Å². The van der Waals surface area contributed by atoms with Gasteiger partial charge >= 0.3 is 6.03 Å². The quantitative estimate of drug-likeness (QED) is 0.592.